The van der Waals surface area contributed by atoms with E-state index in [2.05, 4.69) is 5.32 Å². The predicted octanol–water partition coefficient (Wildman–Crippen LogP) is 5.06. The molecule has 1 N–H and O–H groups in total. The molecule has 0 aliphatic heterocycles. The molecular weight excluding hydrogens is 510 g/mol. The molecule has 208 valence electrons. The van der Waals surface area contributed by atoms with E-state index in [-0.39, 0.29) is 17.3 Å². The number of carbonyl (C=O) groups excluding carboxylic acids is 2. The third-order valence-corrected chi connectivity index (χ3v) is 8.77. The highest BCUT2D eigenvalue weighted by Crippen LogP contribution is 2.27. The van der Waals surface area contributed by atoms with Crippen molar-refractivity contribution in [2.45, 2.75) is 65.4 Å². The fourth-order valence-corrected chi connectivity index (χ4v) is 5.60. The van der Waals surface area contributed by atoms with Crippen molar-refractivity contribution in [2.75, 3.05) is 17.4 Å². The van der Waals surface area contributed by atoms with Crippen molar-refractivity contribution in [2.24, 2.45) is 0 Å². The van der Waals surface area contributed by atoms with Crippen LogP contribution in [0.15, 0.2) is 71.6 Å². The second-order valence-electron chi connectivity index (χ2n) is 10.0. The topological polar surface area (TPSA) is 86.8 Å². The Kier molecular flexibility index (Phi) is 9.92. The van der Waals surface area contributed by atoms with Gasteiger partial charge in [0, 0.05) is 13.1 Å². The second-order valence-corrected chi connectivity index (χ2v) is 11.9. The number of sulfonamides is 1. The molecule has 0 radical (unpaired) electrons. The van der Waals surface area contributed by atoms with Crippen molar-refractivity contribution in [3.8, 4) is 0 Å². The largest absolute Gasteiger partial charge is 0.354 e. The summed E-state index contributed by atoms with van der Waals surface area (Å²) in [7, 11) is -4.08. The number of aryl methyl sites for hydroxylation is 4. The lowest BCUT2D eigenvalue weighted by Gasteiger charge is -2.32. The lowest BCUT2D eigenvalue weighted by atomic mass is 10.1. The molecule has 0 spiro atoms. The van der Waals surface area contributed by atoms with Crippen LogP contribution >= 0.6 is 0 Å². The number of hydrogen-bond donors (Lipinski definition) is 1. The monoisotopic (exact) mass is 549 g/mol. The zero-order valence-electron chi connectivity index (χ0n) is 23.7. The first-order chi connectivity index (χ1) is 18.4. The first-order valence-electron chi connectivity index (χ1n) is 13.2. The quantitative estimate of drug-likeness (QED) is 0.362. The van der Waals surface area contributed by atoms with Gasteiger partial charge in [-0.25, -0.2) is 8.42 Å². The minimum atomic E-state index is -4.08. The predicted molar refractivity (Wildman–Crippen MR) is 156 cm³/mol. The fraction of sp³-hybridized carbons (Fsp3) is 0.355. The van der Waals surface area contributed by atoms with Gasteiger partial charge >= 0.3 is 0 Å². The molecule has 0 heterocycles. The number of nitrogens with one attached hydrogen (secondary N) is 1. The van der Waals surface area contributed by atoms with Crippen LogP contribution in [0.2, 0.25) is 0 Å². The zero-order valence-corrected chi connectivity index (χ0v) is 24.5. The summed E-state index contributed by atoms with van der Waals surface area (Å²) in [4.78, 5) is 28.5. The summed E-state index contributed by atoms with van der Waals surface area (Å²) in [6.07, 6.45) is 0.763. The average Bonchev–Trinajstić information content (AvgIpc) is 2.91. The van der Waals surface area contributed by atoms with Crippen molar-refractivity contribution in [3.63, 3.8) is 0 Å². The second kappa shape index (κ2) is 12.9. The van der Waals surface area contributed by atoms with E-state index in [1.807, 2.05) is 65.0 Å². The molecule has 0 aliphatic carbocycles. The smallest absolute Gasteiger partial charge is 0.264 e. The van der Waals surface area contributed by atoms with E-state index in [1.165, 1.54) is 4.90 Å². The molecule has 3 aromatic rings. The SMILES string of the molecule is CCCNC(=O)[C@H](C)N(Cc1ccccc1C)C(=O)CN(c1ccc(C)c(C)c1)S(=O)(=O)c1ccc(C)cc1. The Morgan fingerprint density at radius 3 is 2.15 bits per heavy atom. The Labute approximate surface area is 232 Å². The van der Waals surface area contributed by atoms with Gasteiger partial charge in [-0.15, -0.1) is 0 Å². The fourth-order valence-electron chi connectivity index (χ4n) is 4.20. The Bertz CT molecular complexity index is 1420. The van der Waals surface area contributed by atoms with Crippen LogP contribution in [0.25, 0.3) is 0 Å². The van der Waals surface area contributed by atoms with Gasteiger partial charge in [-0.2, -0.15) is 0 Å². The lowest BCUT2D eigenvalue weighted by Crippen LogP contribution is -2.51. The standard InChI is InChI=1S/C31H39N3O4S/c1-7-18-32-31(36)26(6)33(20-27-11-9-8-10-24(27)4)30(35)21-34(28-15-14-23(3)25(5)19-28)39(37,38)29-16-12-22(2)13-17-29/h8-17,19,26H,7,18,20-21H2,1-6H3,(H,32,36)/t26-/m0/s1. The molecule has 0 fully saturated rings. The molecule has 3 aromatic carbocycles. The number of rotatable bonds is 11. The molecule has 39 heavy (non-hydrogen) atoms. The Hall–Kier alpha value is -3.65. The van der Waals surface area contributed by atoms with Crippen LogP contribution in [0, 0.1) is 27.7 Å². The van der Waals surface area contributed by atoms with Crippen molar-refractivity contribution in [3.05, 3.63) is 94.5 Å². The number of anilines is 1. The van der Waals surface area contributed by atoms with Crippen LogP contribution in [0.4, 0.5) is 5.69 Å². The third kappa shape index (κ3) is 7.26. The summed E-state index contributed by atoms with van der Waals surface area (Å²) >= 11 is 0. The van der Waals surface area contributed by atoms with Gasteiger partial charge in [-0.1, -0.05) is 55.0 Å². The van der Waals surface area contributed by atoms with E-state index >= 15 is 0 Å². The van der Waals surface area contributed by atoms with Crippen molar-refractivity contribution in [1.29, 1.82) is 0 Å². The summed E-state index contributed by atoms with van der Waals surface area (Å²) in [5.41, 5.74) is 5.12. The molecule has 0 bridgehead atoms. The molecule has 0 aliphatic rings. The van der Waals surface area contributed by atoms with E-state index in [0.29, 0.717) is 12.2 Å². The molecule has 0 aromatic heterocycles. The summed E-state index contributed by atoms with van der Waals surface area (Å²) in [5.74, 6) is -0.746. The van der Waals surface area contributed by atoms with Gasteiger partial charge in [0.05, 0.1) is 10.6 Å². The van der Waals surface area contributed by atoms with Crippen LogP contribution in [0.3, 0.4) is 0 Å². The molecular formula is C31H39N3O4S. The van der Waals surface area contributed by atoms with Gasteiger partial charge in [0.25, 0.3) is 10.0 Å². The van der Waals surface area contributed by atoms with Crippen LogP contribution < -0.4 is 9.62 Å². The summed E-state index contributed by atoms with van der Waals surface area (Å²) in [6.45, 7) is 11.5. The molecule has 1 atom stereocenters. The van der Waals surface area contributed by atoms with Crippen LogP contribution in [-0.4, -0.2) is 44.3 Å². The van der Waals surface area contributed by atoms with E-state index in [1.54, 1.807) is 43.3 Å². The average molecular weight is 550 g/mol. The Morgan fingerprint density at radius 2 is 1.54 bits per heavy atom. The first kappa shape index (κ1) is 29.9. The van der Waals surface area contributed by atoms with Crippen LogP contribution in [0.1, 0.15) is 48.1 Å². The molecule has 0 unspecified atom stereocenters. The van der Waals surface area contributed by atoms with E-state index in [9.17, 15) is 18.0 Å². The Balaban J connectivity index is 2.05. The minimum Gasteiger partial charge on any atom is -0.354 e. The molecule has 0 saturated heterocycles. The maximum atomic E-state index is 14.0. The van der Waals surface area contributed by atoms with E-state index < -0.39 is 28.5 Å². The van der Waals surface area contributed by atoms with E-state index in [4.69, 9.17) is 0 Å². The first-order valence-corrected chi connectivity index (χ1v) is 14.7. The Morgan fingerprint density at radius 1 is 0.872 bits per heavy atom. The van der Waals surface area contributed by atoms with Gasteiger partial charge in [0.2, 0.25) is 11.8 Å². The third-order valence-electron chi connectivity index (χ3n) is 6.98. The molecule has 3 rings (SSSR count). The summed E-state index contributed by atoms with van der Waals surface area (Å²) in [6, 6.07) is 18.8. The highest BCUT2D eigenvalue weighted by Gasteiger charge is 2.32. The van der Waals surface area contributed by atoms with Gasteiger partial charge < -0.3 is 10.2 Å². The number of amides is 2. The number of carbonyl (C=O) groups is 2. The van der Waals surface area contributed by atoms with Crippen LogP contribution in [0.5, 0.6) is 0 Å². The summed E-state index contributed by atoms with van der Waals surface area (Å²) < 4.78 is 29.0. The van der Waals surface area contributed by atoms with Crippen molar-refractivity contribution < 1.29 is 18.0 Å². The number of nitrogens with zero attached hydrogens (tertiary/aromatic N) is 2. The number of hydrogen-bond acceptors (Lipinski definition) is 4. The highest BCUT2D eigenvalue weighted by molar-refractivity contribution is 7.92. The molecule has 2 amide bonds. The maximum absolute atomic E-state index is 14.0. The molecule has 0 saturated carbocycles. The summed E-state index contributed by atoms with van der Waals surface area (Å²) in [5, 5.41) is 2.86. The zero-order chi connectivity index (χ0) is 28.7. The van der Waals surface area contributed by atoms with Crippen molar-refractivity contribution >= 4 is 27.5 Å². The van der Waals surface area contributed by atoms with Gasteiger partial charge in [-0.05, 0) is 87.6 Å². The minimum absolute atomic E-state index is 0.0957. The molecule has 8 heteroatoms. The van der Waals surface area contributed by atoms with Crippen LogP contribution in [-0.2, 0) is 26.2 Å². The van der Waals surface area contributed by atoms with Gasteiger partial charge in [0.1, 0.15) is 12.6 Å². The van der Waals surface area contributed by atoms with E-state index in [0.717, 1.165) is 38.5 Å². The van der Waals surface area contributed by atoms with Crippen molar-refractivity contribution in [1.82, 2.24) is 10.2 Å². The molecule has 7 nitrogen and oxygen atoms in total. The maximum Gasteiger partial charge on any atom is 0.264 e. The lowest BCUT2D eigenvalue weighted by molar-refractivity contribution is -0.139. The normalized spacial score (nSPS) is 12.1. The number of benzene rings is 3. The van der Waals surface area contributed by atoms with Gasteiger partial charge in [0.15, 0.2) is 0 Å². The highest BCUT2D eigenvalue weighted by atomic mass is 32.2. The van der Waals surface area contributed by atoms with Gasteiger partial charge in [-0.3, -0.25) is 13.9 Å².